The van der Waals surface area contributed by atoms with Gasteiger partial charge in [-0.25, -0.2) is 4.98 Å². The Morgan fingerprint density at radius 1 is 1.40 bits per heavy atom. The van der Waals surface area contributed by atoms with Gasteiger partial charge in [0.2, 0.25) is 0 Å². The second-order valence-corrected chi connectivity index (χ2v) is 6.04. The second kappa shape index (κ2) is 7.23. The van der Waals surface area contributed by atoms with Gasteiger partial charge in [0.25, 0.3) is 5.91 Å². The van der Waals surface area contributed by atoms with E-state index in [4.69, 9.17) is 10.8 Å². The van der Waals surface area contributed by atoms with Gasteiger partial charge in [-0.05, 0) is 26.7 Å². The van der Waals surface area contributed by atoms with E-state index in [1.165, 1.54) is 11.3 Å². The predicted molar refractivity (Wildman–Crippen MR) is 78.8 cm³/mol. The van der Waals surface area contributed by atoms with Crippen molar-refractivity contribution >= 4 is 28.3 Å². The van der Waals surface area contributed by atoms with Crippen LogP contribution in [0.3, 0.4) is 0 Å². The number of nitrogens with zero attached hydrogens (tertiary/aromatic N) is 1. The molecular weight excluding hydrogens is 278 g/mol. The van der Waals surface area contributed by atoms with Gasteiger partial charge >= 0.3 is 5.97 Å². The number of carbonyl (C=O) groups excluding carboxylic acids is 1. The zero-order valence-electron chi connectivity index (χ0n) is 12.0. The first-order chi connectivity index (χ1) is 9.31. The molecule has 2 unspecified atom stereocenters. The van der Waals surface area contributed by atoms with Crippen LogP contribution in [0.4, 0.5) is 5.13 Å². The molecule has 0 aromatic carbocycles. The first kappa shape index (κ1) is 16.4. The fourth-order valence-electron chi connectivity index (χ4n) is 1.84. The molecule has 0 saturated carbocycles. The second-order valence-electron chi connectivity index (χ2n) is 5.01. The van der Waals surface area contributed by atoms with Gasteiger partial charge in [0, 0.05) is 6.04 Å². The van der Waals surface area contributed by atoms with E-state index in [1.807, 2.05) is 6.92 Å². The number of aryl methyl sites for hydroxylation is 1. The van der Waals surface area contributed by atoms with E-state index in [0.29, 0.717) is 22.1 Å². The maximum atomic E-state index is 12.0. The van der Waals surface area contributed by atoms with Crippen LogP contribution >= 0.6 is 11.3 Å². The fourth-order valence-corrected chi connectivity index (χ4v) is 2.58. The van der Waals surface area contributed by atoms with Gasteiger partial charge in [0.05, 0.1) is 11.6 Å². The topological polar surface area (TPSA) is 105 Å². The van der Waals surface area contributed by atoms with Gasteiger partial charge in [0.1, 0.15) is 4.88 Å². The molecule has 20 heavy (non-hydrogen) atoms. The normalized spacial score (nSPS) is 13.8. The van der Waals surface area contributed by atoms with Crippen molar-refractivity contribution in [3.63, 3.8) is 0 Å². The molecule has 0 aliphatic rings. The molecule has 1 heterocycles. The summed E-state index contributed by atoms with van der Waals surface area (Å²) in [5.41, 5.74) is 6.20. The Balaban J connectivity index is 2.39. The number of carboxylic acid groups (broad SMARTS) is 1. The van der Waals surface area contributed by atoms with Crippen molar-refractivity contribution in [2.75, 3.05) is 5.73 Å². The van der Waals surface area contributed by atoms with Crippen molar-refractivity contribution in [2.24, 2.45) is 5.92 Å². The Labute approximate surface area is 122 Å². The molecule has 1 aromatic heterocycles. The number of nitrogens with two attached hydrogens (primary N) is 1. The summed E-state index contributed by atoms with van der Waals surface area (Å²) in [4.78, 5) is 27.2. The molecule has 4 N–H and O–H groups in total. The van der Waals surface area contributed by atoms with Crippen LogP contribution in [0, 0.1) is 12.8 Å². The Hall–Kier alpha value is -1.63. The minimum absolute atomic E-state index is 0.00813. The molecule has 7 heteroatoms. The lowest BCUT2D eigenvalue weighted by atomic mass is 10.0. The van der Waals surface area contributed by atoms with Crippen LogP contribution < -0.4 is 11.1 Å². The van der Waals surface area contributed by atoms with E-state index in [0.717, 1.165) is 12.8 Å². The summed E-state index contributed by atoms with van der Waals surface area (Å²) in [6.45, 7) is 5.35. The van der Waals surface area contributed by atoms with Crippen LogP contribution in [0.25, 0.3) is 0 Å². The smallest absolute Gasteiger partial charge is 0.306 e. The first-order valence-corrected chi connectivity index (χ1v) is 7.39. The van der Waals surface area contributed by atoms with Crippen LogP contribution in [-0.4, -0.2) is 28.0 Å². The van der Waals surface area contributed by atoms with E-state index in [9.17, 15) is 9.59 Å². The number of rotatable bonds is 7. The summed E-state index contributed by atoms with van der Waals surface area (Å²) < 4.78 is 0. The van der Waals surface area contributed by atoms with Gasteiger partial charge in [-0.3, -0.25) is 9.59 Å². The molecule has 0 fully saturated rings. The van der Waals surface area contributed by atoms with Gasteiger partial charge in [0.15, 0.2) is 5.13 Å². The third-order valence-electron chi connectivity index (χ3n) is 3.09. The summed E-state index contributed by atoms with van der Waals surface area (Å²) in [6.07, 6.45) is 2.12. The largest absolute Gasteiger partial charge is 0.481 e. The Bertz CT molecular complexity index is 487. The average molecular weight is 299 g/mol. The summed E-state index contributed by atoms with van der Waals surface area (Å²) in [7, 11) is 0. The summed E-state index contributed by atoms with van der Waals surface area (Å²) >= 11 is 1.17. The number of hydrogen-bond donors (Lipinski definition) is 3. The molecule has 0 spiro atoms. The third-order valence-corrected chi connectivity index (χ3v) is 4.08. The number of aromatic nitrogens is 1. The van der Waals surface area contributed by atoms with Crippen molar-refractivity contribution in [2.45, 2.75) is 46.1 Å². The lowest BCUT2D eigenvalue weighted by Gasteiger charge is -2.14. The molecule has 0 aliphatic carbocycles. The fraction of sp³-hybridized carbons (Fsp3) is 0.615. The minimum Gasteiger partial charge on any atom is -0.481 e. The number of carboxylic acids is 1. The van der Waals surface area contributed by atoms with Gasteiger partial charge in [-0.15, -0.1) is 0 Å². The standard InChI is InChI=1S/C13H21N3O3S/c1-7(12(18)19)5-4-6-8(2)15-11(17)10-9(3)16-13(14)20-10/h7-8H,4-6H2,1-3H3,(H2,14,16)(H,15,17)(H,18,19). The van der Waals surface area contributed by atoms with Gasteiger partial charge < -0.3 is 16.2 Å². The molecule has 0 saturated heterocycles. The number of thiazole rings is 1. The Morgan fingerprint density at radius 3 is 2.55 bits per heavy atom. The van der Waals surface area contributed by atoms with Crippen molar-refractivity contribution in [3.05, 3.63) is 10.6 Å². The van der Waals surface area contributed by atoms with Crippen molar-refractivity contribution in [1.29, 1.82) is 0 Å². The van der Waals surface area contributed by atoms with Crippen molar-refractivity contribution < 1.29 is 14.7 Å². The lowest BCUT2D eigenvalue weighted by Crippen LogP contribution is -2.32. The number of anilines is 1. The number of carbonyl (C=O) groups is 2. The van der Waals surface area contributed by atoms with E-state index in [-0.39, 0.29) is 17.9 Å². The van der Waals surface area contributed by atoms with E-state index in [2.05, 4.69) is 10.3 Å². The number of aliphatic carboxylic acids is 1. The van der Waals surface area contributed by atoms with Crippen LogP contribution in [0.5, 0.6) is 0 Å². The Morgan fingerprint density at radius 2 is 2.05 bits per heavy atom. The molecule has 112 valence electrons. The number of nitrogen functional groups attached to an aromatic ring is 1. The maximum absolute atomic E-state index is 12.0. The van der Waals surface area contributed by atoms with Crippen LogP contribution in [0.2, 0.25) is 0 Å². The molecule has 6 nitrogen and oxygen atoms in total. The molecule has 0 aliphatic heterocycles. The summed E-state index contributed by atoms with van der Waals surface area (Å²) in [6, 6.07) is -0.00813. The van der Waals surface area contributed by atoms with Crippen molar-refractivity contribution in [3.8, 4) is 0 Å². The number of hydrogen-bond acceptors (Lipinski definition) is 5. The highest BCUT2D eigenvalue weighted by molar-refractivity contribution is 7.17. The van der Waals surface area contributed by atoms with Crippen LogP contribution in [-0.2, 0) is 4.79 Å². The van der Waals surface area contributed by atoms with E-state index in [1.54, 1.807) is 13.8 Å². The monoisotopic (exact) mass is 299 g/mol. The van der Waals surface area contributed by atoms with Gasteiger partial charge in [-0.1, -0.05) is 24.7 Å². The van der Waals surface area contributed by atoms with Gasteiger partial charge in [-0.2, -0.15) is 0 Å². The number of nitrogens with one attached hydrogen (secondary N) is 1. The summed E-state index contributed by atoms with van der Waals surface area (Å²) in [5.74, 6) is -1.30. The van der Waals surface area contributed by atoms with E-state index >= 15 is 0 Å². The zero-order chi connectivity index (χ0) is 15.3. The predicted octanol–water partition coefficient (Wildman–Crippen LogP) is 2.04. The molecule has 1 amide bonds. The summed E-state index contributed by atoms with van der Waals surface area (Å²) in [5, 5.41) is 12.1. The third kappa shape index (κ3) is 4.80. The highest BCUT2D eigenvalue weighted by Gasteiger charge is 2.17. The molecule has 1 aromatic rings. The van der Waals surface area contributed by atoms with Crippen LogP contribution in [0.15, 0.2) is 0 Å². The van der Waals surface area contributed by atoms with Crippen molar-refractivity contribution in [1.82, 2.24) is 10.3 Å². The van der Waals surface area contributed by atoms with Crippen LogP contribution in [0.1, 0.15) is 48.5 Å². The Kier molecular flexibility index (Phi) is 5.94. The zero-order valence-corrected chi connectivity index (χ0v) is 12.8. The number of amides is 1. The maximum Gasteiger partial charge on any atom is 0.306 e. The highest BCUT2D eigenvalue weighted by atomic mass is 32.1. The quantitative estimate of drug-likeness (QED) is 0.714. The molecular formula is C13H21N3O3S. The first-order valence-electron chi connectivity index (χ1n) is 6.57. The molecule has 0 radical (unpaired) electrons. The average Bonchev–Trinajstić information content (AvgIpc) is 2.68. The molecule has 2 atom stereocenters. The molecule has 1 rings (SSSR count). The minimum atomic E-state index is -0.780. The van der Waals surface area contributed by atoms with E-state index < -0.39 is 5.97 Å². The SMILES string of the molecule is Cc1nc(N)sc1C(=O)NC(C)CCCC(C)C(=O)O. The highest BCUT2D eigenvalue weighted by Crippen LogP contribution is 2.19. The molecule has 0 bridgehead atoms. The lowest BCUT2D eigenvalue weighted by molar-refractivity contribution is -0.141.